The van der Waals surface area contributed by atoms with E-state index in [1.54, 1.807) is 0 Å². The number of Topliss-reactive ketones (excluding diaryl/α,β-unsaturated/α-hetero) is 2. The highest BCUT2D eigenvalue weighted by atomic mass is 19.4. The quantitative estimate of drug-likeness (QED) is 0.467. The van der Waals surface area contributed by atoms with Gasteiger partial charge in [-0.3, -0.25) is 14.4 Å². The minimum absolute atomic E-state index is 0.0231. The Labute approximate surface area is 201 Å². The number of rotatable bonds is 9. The number of aromatic nitrogens is 1. The number of ketones is 2. The van der Waals surface area contributed by atoms with E-state index in [0.29, 0.717) is 25.2 Å². The van der Waals surface area contributed by atoms with Crippen molar-refractivity contribution in [1.29, 1.82) is 5.26 Å². The summed E-state index contributed by atoms with van der Waals surface area (Å²) in [5.41, 5.74) is -0.602. The highest BCUT2D eigenvalue weighted by Gasteiger charge is 2.35. The number of hydrogen-bond acceptors (Lipinski definition) is 4. The molecule has 35 heavy (non-hydrogen) atoms. The maximum absolute atomic E-state index is 13.3. The first-order valence-electron chi connectivity index (χ1n) is 12.1. The van der Waals surface area contributed by atoms with E-state index in [-0.39, 0.29) is 41.1 Å². The Balaban J connectivity index is 1.46. The van der Waals surface area contributed by atoms with Gasteiger partial charge in [-0.2, -0.15) is 18.4 Å². The maximum atomic E-state index is 13.3. The van der Waals surface area contributed by atoms with Crippen LogP contribution in [0.1, 0.15) is 73.8 Å². The van der Waals surface area contributed by atoms with Gasteiger partial charge in [0.15, 0.2) is 5.78 Å². The second-order valence-corrected chi connectivity index (χ2v) is 9.79. The van der Waals surface area contributed by atoms with Crippen molar-refractivity contribution in [2.24, 2.45) is 17.8 Å². The largest absolute Gasteiger partial charge is 0.417 e. The number of alkyl halides is 3. The van der Waals surface area contributed by atoms with Crippen molar-refractivity contribution in [3.8, 4) is 6.07 Å². The number of hydrogen-bond donors (Lipinski definition) is 2. The number of carbonyl (C=O) groups is 3. The van der Waals surface area contributed by atoms with Gasteiger partial charge in [0.2, 0.25) is 5.91 Å². The maximum Gasteiger partial charge on any atom is 0.417 e. The van der Waals surface area contributed by atoms with Crippen LogP contribution in [-0.2, 0) is 15.8 Å². The lowest BCUT2D eigenvalue weighted by Gasteiger charge is -2.24. The van der Waals surface area contributed by atoms with Crippen LogP contribution in [0.25, 0.3) is 10.9 Å². The van der Waals surface area contributed by atoms with E-state index in [9.17, 15) is 32.8 Å². The fraction of sp³-hybridized carbons (Fsp3) is 0.538. The van der Waals surface area contributed by atoms with Gasteiger partial charge < -0.3 is 10.3 Å². The highest BCUT2D eigenvalue weighted by Crippen LogP contribution is 2.38. The molecule has 2 saturated carbocycles. The summed E-state index contributed by atoms with van der Waals surface area (Å²) < 4.78 is 40.0. The Kier molecular flexibility index (Phi) is 7.29. The molecule has 2 fully saturated rings. The smallest absolute Gasteiger partial charge is 0.352 e. The van der Waals surface area contributed by atoms with Crippen LogP contribution in [-0.4, -0.2) is 28.5 Å². The average Bonchev–Trinajstić information content (AvgIpc) is 3.52. The number of nitriles is 1. The van der Waals surface area contributed by atoms with Crippen LogP contribution in [0, 0.1) is 29.1 Å². The number of fused-ring (bicyclic) bond motifs is 1. The molecule has 3 atom stereocenters. The number of carbonyl (C=O) groups excluding carboxylic acids is 3. The second kappa shape index (κ2) is 10.2. The number of amides is 1. The first-order chi connectivity index (χ1) is 16.7. The van der Waals surface area contributed by atoms with Crippen LogP contribution >= 0.6 is 0 Å². The first kappa shape index (κ1) is 25.0. The molecule has 0 spiro atoms. The fourth-order valence-electron chi connectivity index (χ4n) is 4.95. The Morgan fingerprint density at radius 1 is 1.17 bits per heavy atom. The fourth-order valence-corrected chi connectivity index (χ4v) is 4.95. The summed E-state index contributed by atoms with van der Waals surface area (Å²) in [4.78, 5) is 41.0. The van der Waals surface area contributed by atoms with Crippen molar-refractivity contribution in [2.75, 3.05) is 0 Å². The van der Waals surface area contributed by atoms with E-state index in [1.165, 1.54) is 18.2 Å². The minimum Gasteiger partial charge on any atom is -0.352 e. The standard InChI is InChI=1S/C26H28F3N3O3/c27-26(28,29)20-5-3-6-21-19(20)13-22(32-21)24(34)12-17(10-15-8-9-15)25(35)31-18(14-30)11-16-4-1-2-7-23(16)33/h3,5-6,13,15-18,32H,1-2,4,7-12H2,(H,31,35)/t16-,17+,18-/m0/s1. The third-order valence-electron chi connectivity index (χ3n) is 7.06. The molecule has 4 rings (SSSR count). The van der Waals surface area contributed by atoms with Crippen molar-refractivity contribution in [3.63, 3.8) is 0 Å². The van der Waals surface area contributed by atoms with Crippen LogP contribution in [0.4, 0.5) is 13.2 Å². The minimum atomic E-state index is -4.55. The molecular formula is C26H28F3N3O3. The molecule has 2 aliphatic carbocycles. The monoisotopic (exact) mass is 487 g/mol. The molecule has 2 aromatic rings. The number of nitrogens with zero attached hydrogens (tertiary/aromatic N) is 1. The van der Waals surface area contributed by atoms with Gasteiger partial charge >= 0.3 is 6.18 Å². The number of nitrogens with one attached hydrogen (secondary N) is 2. The molecular weight excluding hydrogens is 459 g/mol. The van der Waals surface area contributed by atoms with Crippen LogP contribution < -0.4 is 5.32 Å². The van der Waals surface area contributed by atoms with Crippen molar-refractivity contribution in [2.45, 2.75) is 70.0 Å². The van der Waals surface area contributed by atoms with Crippen molar-refractivity contribution >= 4 is 28.4 Å². The molecule has 0 bridgehead atoms. The summed E-state index contributed by atoms with van der Waals surface area (Å²) in [6.45, 7) is 0. The normalized spacial score (nSPS) is 20.3. The van der Waals surface area contributed by atoms with Crippen LogP contribution in [0.5, 0.6) is 0 Å². The molecule has 2 N–H and O–H groups in total. The molecule has 0 saturated heterocycles. The van der Waals surface area contributed by atoms with Gasteiger partial charge in [-0.25, -0.2) is 0 Å². The lowest BCUT2D eigenvalue weighted by molar-refractivity contribution is -0.136. The van der Waals surface area contributed by atoms with Gasteiger partial charge in [0, 0.05) is 35.6 Å². The van der Waals surface area contributed by atoms with E-state index in [1.807, 2.05) is 0 Å². The number of halogens is 3. The summed E-state index contributed by atoms with van der Waals surface area (Å²) in [5, 5.41) is 12.2. The molecule has 6 nitrogen and oxygen atoms in total. The lowest BCUT2D eigenvalue weighted by Crippen LogP contribution is -2.41. The Morgan fingerprint density at radius 3 is 2.60 bits per heavy atom. The number of benzene rings is 1. The molecule has 186 valence electrons. The summed E-state index contributed by atoms with van der Waals surface area (Å²) >= 11 is 0. The van der Waals surface area contributed by atoms with E-state index < -0.39 is 35.4 Å². The second-order valence-electron chi connectivity index (χ2n) is 9.79. The number of aromatic amines is 1. The van der Waals surface area contributed by atoms with Crippen molar-refractivity contribution in [1.82, 2.24) is 10.3 Å². The Bertz CT molecular complexity index is 1160. The molecule has 0 unspecified atom stereocenters. The van der Waals surface area contributed by atoms with E-state index in [0.717, 1.165) is 31.7 Å². The Hall–Kier alpha value is -3.15. The van der Waals surface area contributed by atoms with Crippen molar-refractivity contribution in [3.05, 3.63) is 35.5 Å². The topological polar surface area (TPSA) is 103 Å². The third kappa shape index (κ3) is 6.11. The Morgan fingerprint density at radius 2 is 1.94 bits per heavy atom. The van der Waals surface area contributed by atoms with E-state index in [4.69, 9.17) is 0 Å². The van der Waals surface area contributed by atoms with E-state index in [2.05, 4.69) is 16.4 Å². The molecule has 2 aliphatic rings. The first-order valence-corrected chi connectivity index (χ1v) is 12.1. The third-order valence-corrected chi connectivity index (χ3v) is 7.06. The van der Waals surface area contributed by atoms with Gasteiger partial charge in [-0.05, 0) is 49.8 Å². The SMILES string of the molecule is N#C[C@H](C[C@@H]1CCCCC1=O)NC(=O)[C@@H](CC(=O)c1cc2c(C(F)(F)F)cccc2[nH]1)CC1CC1. The van der Waals surface area contributed by atoms with Gasteiger partial charge in [0.25, 0.3) is 0 Å². The molecule has 1 heterocycles. The van der Waals surface area contributed by atoms with Gasteiger partial charge in [-0.1, -0.05) is 25.3 Å². The lowest BCUT2D eigenvalue weighted by atomic mass is 9.83. The molecule has 9 heteroatoms. The predicted octanol–water partition coefficient (Wildman–Crippen LogP) is 5.33. The van der Waals surface area contributed by atoms with Gasteiger partial charge in [0.05, 0.1) is 17.3 Å². The zero-order chi connectivity index (χ0) is 25.2. The van der Waals surface area contributed by atoms with Crippen molar-refractivity contribution < 1.29 is 27.6 Å². The zero-order valence-electron chi connectivity index (χ0n) is 19.3. The highest BCUT2D eigenvalue weighted by molar-refractivity contribution is 6.02. The average molecular weight is 488 g/mol. The van der Waals surface area contributed by atoms with Gasteiger partial charge in [0.1, 0.15) is 11.8 Å². The summed E-state index contributed by atoms with van der Waals surface area (Å²) in [5.74, 6) is -1.38. The van der Waals surface area contributed by atoms with Crippen LogP contribution in [0.3, 0.4) is 0 Å². The summed E-state index contributed by atoms with van der Waals surface area (Å²) in [7, 11) is 0. The van der Waals surface area contributed by atoms with E-state index >= 15 is 0 Å². The zero-order valence-corrected chi connectivity index (χ0v) is 19.3. The summed E-state index contributed by atoms with van der Waals surface area (Å²) in [6, 6.07) is 6.15. The number of H-pyrrole nitrogens is 1. The molecule has 1 aromatic carbocycles. The van der Waals surface area contributed by atoms with Crippen LogP contribution in [0.15, 0.2) is 24.3 Å². The van der Waals surface area contributed by atoms with Gasteiger partial charge in [-0.15, -0.1) is 0 Å². The van der Waals surface area contributed by atoms with Crippen LogP contribution in [0.2, 0.25) is 0 Å². The predicted molar refractivity (Wildman–Crippen MR) is 122 cm³/mol. The molecule has 1 amide bonds. The summed E-state index contributed by atoms with van der Waals surface area (Å²) in [6.07, 6.45) is 0.895. The molecule has 0 radical (unpaired) electrons. The molecule has 0 aliphatic heterocycles. The molecule has 1 aromatic heterocycles.